The van der Waals surface area contributed by atoms with Gasteiger partial charge in [-0.3, -0.25) is 4.79 Å². The zero-order valence-corrected chi connectivity index (χ0v) is 9.91. The molecule has 0 amide bonds. The van der Waals surface area contributed by atoms with Crippen LogP contribution in [-0.2, 0) is 5.75 Å². The maximum absolute atomic E-state index is 13.4. The first kappa shape index (κ1) is 11.6. The number of rotatable bonds is 1. The van der Waals surface area contributed by atoms with Gasteiger partial charge in [-0.2, -0.15) is 0 Å². The fraction of sp³-hybridized carbons (Fsp3) is 0.417. The van der Waals surface area contributed by atoms with Gasteiger partial charge in [0.2, 0.25) is 0 Å². The number of Topliss-reactive ketones (excluding diaryl/α,β-unsaturated/α-hetero) is 1. The number of ketones is 1. The first-order valence-electron chi connectivity index (χ1n) is 5.14. The number of thioether (sulfide) groups is 1. The predicted octanol–water partition coefficient (Wildman–Crippen LogP) is 3.42. The molecule has 1 aliphatic rings. The Morgan fingerprint density at radius 3 is 2.69 bits per heavy atom. The fourth-order valence-corrected chi connectivity index (χ4v) is 3.17. The summed E-state index contributed by atoms with van der Waals surface area (Å²) in [5.74, 6) is -0.829. The van der Waals surface area contributed by atoms with Gasteiger partial charge in [0.15, 0.2) is 5.78 Å². The van der Waals surface area contributed by atoms with Gasteiger partial charge in [0.1, 0.15) is 11.6 Å². The number of carbonyl (C=O) groups excluding carboxylic acids is 1. The second kappa shape index (κ2) is 4.17. The zero-order valence-electron chi connectivity index (χ0n) is 9.09. The molecule has 1 aromatic rings. The summed E-state index contributed by atoms with van der Waals surface area (Å²) in [6.07, 6.45) is 0. The molecule has 1 aromatic carbocycles. The monoisotopic (exact) mass is 242 g/mol. The second-order valence-electron chi connectivity index (χ2n) is 4.25. The van der Waals surface area contributed by atoms with Gasteiger partial charge in [0, 0.05) is 22.9 Å². The Bertz CT molecular complexity index is 443. The van der Waals surface area contributed by atoms with Crippen LogP contribution >= 0.6 is 11.8 Å². The van der Waals surface area contributed by atoms with Crippen molar-refractivity contribution < 1.29 is 13.6 Å². The van der Waals surface area contributed by atoms with Crippen LogP contribution in [0.2, 0.25) is 0 Å². The first-order chi connectivity index (χ1) is 7.50. The third kappa shape index (κ3) is 1.86. The molecular formula is C12H12F2OS. The number of hydrogen-bond acceptors (Lipinski definition) is 2. The van der Waals surface area contributed by atoms with Crippen LogP contribution in [-0.4, -0.2) is 11.0 Å². The van der Waals surface area contributed by atoms with E-state index in [9.17, 15) is 13.6 Å². The normalized spacial score (nSPS) is 20.1. The summed E-state index contributed by atoms with van der Waals surface area (Å²) in [4.78, 5) is 12.0. The SMILES string of the molecule is CC(C)C1SCc2c(F)cc(F)cc2C1=O. The van der Waals surface area contributed by atoms with Gasteiger partial charge in [0.05, 0.1) is 5.25 Å². The van der Waals surface area contributed by atoms with Crippen molar-refractivity contribution in [1.29, 1.82) is 0 Å². The highest BCUT2D eigenvalue weighted by Crippen LogP contribution is 2.35. The van der Waals surface area contributed by atoms with Crippen LogP contribution in [0.5, 0.6) is 0 Å². The maximum Gasteiger partial charge on any atom is 0.176 e. The third-order valence-corrected chi connectivity index (χ3v) is 4.27. The van der Waals surface area contributed by atoms with Crippen LogP contribution in [0.1, 0.15) is 29.8 Å². The molecule has 16 heavy (non-hydrogen) atoms. The average Bonchev–Trinajstić information content (AvgIpc) is 2.19. The summed E-state index contributed by atoms with van der Waals surface area (Å²) < 4.78 is 26.5. The fourth-order valence-electron chi connectivity index (χ4n) is 1.87. The van der Waals surface area contributed by atoms with E-state index in [-0.39, 0.29) is 22.5 Å². The quantitative estimate of drug-likeness (QED) is 0.750. The Balaban J connectivity index is 2.48. The molecule has 2 rings (SSSR count). The lowest BCUT2D eigenvalue weighted by Crippen LogP contribution is -2.28. The molecule has 1 aliphatic heterocycles. The van der Waals surface area contributed by atoms with Crippen LogP contribution in [0, 0.1) is 17.6 Å². The highest BCUT2D eigenvalue weighted by molar-refractivity contribution is 8.00. The van der Waals surface area contributed by atoms with Crippen LogP contribution in [0.3, 0.4) is 0 Å². The minimum absolute atomic E-state index is 0.153. The van der Waals surface area contributed by atoms with E-state index < -0.39 is 11.6 Å². The molecule has 0 bridgehead atoms. The largest absolute Gasteiger partial charge is 0.293 e. The van der Waals surface area contributed by atoms with Crippen LogP contribution in [0.25, 0.3) is 0 Å². The van der Waals surface area contributed by atoms with Gasteiger partial charge in [-0.1, -0.05) is 13.8 Å². The standard InChI is InChI=1S/C12H12F2OS/c1-6(2)12-11(15)8-3-7(13)4-10(14)9(8)5-16-12/h3-4,6,12H,5H2,1-2H3. The van der Waals surface area contributed by atoms with E-state index in [1.807, 2.05) is 13.8 Å². The minimum Gasteiger partial charge on any atom is -0.293 e. The van der Waals surface area contributed by atoms with Crippen molar-refractivity contribution in [3.8, 4) is 0 Å². The molecular weight excluding hydrogens is 230 g/mol. The molecule has 1 unspecified atom stereocenters. The van der Waals surface area contributed by atoms with E-state index in [1.165, 1.54) is 11.8 Å². The van der Waals surface area contributed by atoms with E-state index in [0.717, 1.165) is 12.1 Å². The highest BCUT2D eigenvalue weighted by atomic mass is 32.2. The maximum atomic E-state index is 13.4. The summed E-state index contributed by atoms with van der Waals surface area (Å²) in [6, 6.07) is 1.98. The van der Waals surface area contributed by atoms with E-state index in [0.29, 0.717) is 11.3 Å². The molecule has 0 saturated heterocycles. The van der Waals surface area contributed by atoms with Crippen molar-refractivity contribution in [2.75, 3.05) is 0 Å². The molecule has 0 radical (unpaired) electrons. The second-order valence-corrected chi connectivity index (χ2v) is 5.38. The summed E-state index contributed by atoms with van der Waals surface area (Å²) in [5.41, 5.74) is 0.559. The van der Waals surface area contributed by atoms with Crippen molar-refractivity contribution in [3.05, 3.63) is 34.9 Å². The zero-order chi connectivity index (χ0) is 11.9. The summed E-state index contributed by atoms with van der Waals surface area (Å²) >= 11 is 1.43. The minimum atomic E-state index is -0.681. The molecule has 1 atom stereocenters. The molecule has 0 aliphatic carbocycles. The van der Waals surface area contributed by atoms with Crippen molar-refractivity contribution >= 4 is 17.5 Å². The number of halogens is 2. The molecule has 1 nitrogen and oxygen atoms in total. The third-order valence-electron chi connectivity index (χ3n) is 2.70. The molecule has 0 spiro atoms. The Morgan fingerprint density at radius 1 is 1.38 bits per heavy atom. The van der Waals surface area contributed by atoms with Crippen molar-refractivity contribution in [3.63, 3.8) is 0 Å². The molecule has 0 aromatic heterocycles. The van der Waals surface area contributed by atoms with Gasteiger partial charge in [-0.25, -0.2) is 8.78 Å². The van der Waals surface area contributed by atoms with Gasteiger partial charge in [-0.05, 0) is 12.0 Å². The summed E-state index contributed by atoms with van der Waals surface area (Å²) in [7, 11) is 0. The van der Waals surface area contributed by atoms with E-state index >= 15 is 0 Å². The number of hydrogen-bond donors (Lipinski definition) is 0. The van der Waals surface area contributed by atoms with Crippen LogP contribution in [0.15, 0.2) is 12.1 Å². The van der Waals surface area contributed by atoms with Crippen molar-refractivity contribution in [2.24, 2.45) is 5.92 Å². The Labute approximate surface area is 97.2 Å². The number of carbonyl (C=O) groups is 1. The Morgan fingerprint density at radius 2 is 2.06 bits per heavy atom. The van der Waals surface area contributed by atoms with E-state index in [1.54, 1.807) is 0 Å². The summed E-state index contributed by atoms with van der Waals surface area (Å²) in [6.45, 7) is 3.88. The van der Waals surface area contributed by atoms with Crippen molar-refractivity contribution in [2.45, 2.75) is 24.9 Å². The number of benzene rings is 1. The van der Waals surface area contributed by atoms with E-state index in [2.05, 4.69) is 0 Å². The smallest absolute Gasteiger partial charge is 0.176 e. The van der Waals surface area contributed by atoms with Crippen LogP contribution in [0.4, 0.5) is 8.78 Å². The lowest BCUT2D eigenvalue weighted by atomic mass is 9.96. The molecule has 1 heterocycles. The molecule has 0 N–H and O–H groups in total. The van der Waals surface area contributed by atoms with Crippen LogP contribution < -0.4 is 0 Å². The molecule has 4 heteroatoms. The number of fused-ring (bicyclic) bond motifs is 1. The van der Waals surface area contributed by atoms with Gasteiger partial charge >= 0.3 is 0 Å². The van der Waals surface area contributed by atoms with E-state index in [4.69, 9.17) is 0 Å². The molecule has 0 saturated carbocycles. The van der Waals surface area contributed by atoms with Crippen molar-refractivity contribution in [1.82, 2.24) is 0 Å². The molecule has 0 fully saturated rings. The first-order valence-corrected chi connectivity index (χ1v) is 6.19. The average molecular weight is 242 g/mol. The van der Waals surface area contributed by atoms with Gasteiger partial charge in [0.25, 0.3) is 0 Å². The summed E-state index contributed by atoms with van der Waals surface area (Å²) in [5, 5.41) is -0.186. The molecule has 86 valence electrons. The topological polar surface area (TPSA) is 17.1 Å². The van der Waals surface area contributed by atoms with Gasteiger partial charge < -0.3 is 0 Å². The Hall–Kier alpha value is -0.900. The predicted molar refractivity (Wildman–Crippen MR) is 60.6 cm³/mol. The highest BCUT2D eigenvalue weighted by Gasteiger charge is 2.32. The lowest BCUT2D eigenvalue weighted by molar-refractivity contribution is 0.0972. The van der Waals surface area contributed by atoms with Gasteiger partial charge in [-0.15, -0.1) is 11.8 Å². The Kier molecular flexibility index (Phi) is 3.02. The lowest BCUT2D eigenvalue weighted by Gasteiger charge is -2.25.